The van der Waals surface area contributed by atoms with Crippen LogP contribution >= 0.6 is 0 Å². The third-order valence-electron chi connectivity index (χ3n) is 5.08. The van der Waals surface area contributed by atoms with Crippen molar-refractivity contribution in [3.05, 3.63) is 71.5 Å². The lowest BCUT2D eigenvalue weighted by atomic mass is 10.00. The summed E-state index contributed by atoms with van der Waals surface area (Å²) in [5.41, 5.74) is 5.19. The van der Waals surface area contributed by atoms with E-state index in [-0.39, 0.29) is 0 Å². The molecule has 0 N–H and O–H groups in total. The van der Waals surface area contributed by atoms with Crippen LogP contribution in [-0.4, -0.2) is 18.1 Å². The Kier molecular flexibility index (Phi) is 4.20. The molecule has 2 aromatic carbocycles. The summed E-state index contributed by atoms with van der Waals surface area (Å²) in [6.07, 6.45) is 6.91. The zero-order valence-electron chi connectivity index (χ0n) is 14.3. The molecule has 1 aromatic heterocycles. The van der Waals surface area contributed by atoms with Crippen LogP contribution in [0.4, 0.5) is 5.69 Å². The molecule has 0 spiro atoms. The van der Waals surface area contributed by atoms with Crippen LogP contribution < -0.4 is 4.90 Å². The van der Waals surface area contributed by atoms with Crippen molar-refractivity contribution in [3.8, 4) is 0 Å². The second-order valence-electron chi connectivity index (χ2n) is 6.82. The third kappa shape index (κ3) is 3.01. The van der Waals surface area contributed by atoms with Crippen molar-refractivity contribution in [1.29, 1.82) is 0 Å². The largest absolute Gasteiger partial charge is 0.371 e. The van der Waals surface area contributed by atoms with Crippen molar-refractivity contribution in [2.45, 2.75) is 32.6 Å². The maximum absolute atomic E-state index is 4.71. The van der Waals surface area contributed by atoms with Gasteiger partial charge in [-0.25, -0.2) is 0 Å². The molecule has 0 radical (unpaired) electrons. The fourth-order valence-corrected chi connectivity index (χ4v) is 3.77. The molecule has 4 rings (SSSR count). The van der Waals surface area contributed by atoms with E-state index in [9.17, 15) is 0 Å². The van der Waals surface area contributed by atoms with E-state index in [0.29, 0.717) is 0 Å². The highest BCUT2D eigenvalue weighted by molar-refractivity contribution is 5.85. The van der Waals surface area contributed by atoms with Crippen LogP contribution in [-0.2, 0) is 6.42 Å². The Bertz CT molecular complexity index is 842. The normalized spacial score (nSPS) is 15.0. The van der Waals surface area contributed by atoms with Crippen LogP contribution in [0.15, 0.2) is 54.7 Å². The summed E-state index contributed by atoms with van der Waals surface area (Å²) in [5, 5.41) is 2.64. The number of pyridine rings is 1. The predicted molar refractivity (Wildman–Crippen MR) is 102 cm³/mol. The Morgan fingerprint density at radius 2 is 1.75 bits per heavy atom. The molecule has 122 valence electrons. The summed E-state index contributed by atoms with van der Waals surface area (Å²) in [6.45, 7) is 4.54. The molecule has 24 heavy (non-hydrogen) atoms. The van der Waals surface area contributed by atoms with Crippen molar-refractivity contribution >= 4 is 16.5 Å². The van der Waals surface area contributed by atoms with Gasteiger partial charge < -0.3 is 4.90 Å². The third-order valence-corrected chi connectivity index (χ3v) is 5.08. The van der Waals surface area contributed by atoms with Gasteiger partial charge in [-0.3, -0.25) is 4.98 Å². The van der Waals surface area contributed by atoms with Crippen LogP contribution in [0, 0.1) is 6.92 Å². The summed E-state index contributed by atoms with van der Waals surface area (Å²) in [7, 11) is 0. The molecule has 1 saturated heterocycles. The standard InChI is InChI=1S/C22H24N2/c1-17-16-23-20(15-22(17)24-12-5-2-6-13-24)14-19-10-7-9-18-8-3-4-11-21(18)19/h3-4,7-11,15-16H,2,5-6,12-14H2,1H3. The minimum atomic E-state index is 0.891. The molecule has 0 aliphatic carbocycles. The highest BCUT2D eigenvalue weighted by atomic mass is 15.1. The van der Waals surface area contributed by atoms with E-state index >= 15 is 0 Å². The second kappa shape index (κ2) is 6.64. The number of aromatic nitrogens is 1. The first-order valence-electron chi connectivity index (χ1n) is 8.98. The van der Waals surface area contributed by atoms with Crippen LogP contribution in [0.2, 0.25) is 0 Å². The van der Waals surface area contributed by atoms with E-state index < -0.39 is 0 Å². The van der Waals surface area contributed by atoms with Gasteiger partial charge in [0.15, 0.2) is 0 Å². The Morgan fingerprint density at radius 1 is 0.958 bits per heavy atom. The number of aryl methyl sites for hydroxylation is 1. The summed E-state index contributed by atoms with van der Waals surface area (Å²) in [6, 6.07) is 17.5. The number of benzene rings is 2. The first-order chi connectivity index (χ1) is 11.8. The highest BCUT2D eigenvalue weighted by Gasteiger charge is 2.14. The van der Waals surface area contributed by atoms with Crippen LogP contribution in [0.5, 0.6) is 0 Å². The minimum absolute atomic E-state index is 0.891. The van der Waals surface area contributed by atoms with E-state index in [1.165, 1.54) is 59.9 Å². The van der Waals surface area contributed by atoms with Crippen LogP contribution in [0.25, 0.3) is 10.8 Å². The quantitative estimate of drug-likeness (QED) is 0.666. The number of fused-ring (bicyclic) bond motifs is 1. The number of hydrogen-bond acceptors (Lipinski definition) is 2. The Morgan fingerprint density at radius 3 is 2.62 bits per heavy atom. The lowest BCUT2D eigenvalue weighted by molar-refractivity contribution is 0.576. The molecule has 0 unspecified atom stereocenters. The Balaban J connectivity index is 1.67. The van der Waals surface area contributed by atoms with Gasteiger partial charge in [0.05, 0.1) is 0 Å². The van der Waals surface area contributed by atoms with Gasteiger partial charge >= 0.3 is 0 Å². The molecule has 2 nitrogen and oxygen atoms in total. The van der Waals surface area contributed by atoms with Crippen LogP contribution in [0.1, 0.15) is 36.1 Å². The fourth-order valence-electron chi connectivity index (χ4n) is 3.77. The van der Waals surface area contributed by atoms with Gasteiger partial charge in [0.2, 0.25) is 0 Å². The van der Waals surface area contributed by atoms with Gasteiger partial charge in [0.25, 0.3) is 0 Å². The van der Waals surface area contributed by atoms with Gasteiger partial charge in [0.1, 0.15) is 0 Å². The number of anilines is 1. The van der Waals surface area contributed by atoms with Crippen molar-refractivity contribution in [3.63, 3.8) is 0 Å². The molecule has 0 atom stereocenters. The van der Waals surface area contributed by atoms with Gasteiger partial charge in [-0.2, -0.15) is 0 Å². The summed E-state index contributed by atoms with van der Waals surface area (Å²) in [4.78, 5) is 7.24. The van der Waals surface area contributed by atoms with Crippen LogP contribution in [0.3, 0.4) is 0 Å². The maximum Gasteiger partial charge on any atom is 0.0468 e. The molecule has 1 aliphatic heterocycles. The molecular weight excluding hydrogens is 292 g/mol. The molecule has 2 heterocycles. The van der Waals surface area contributed by atoms with E-state index in [2.05, 4.69) is 60.4 Å². The van der Waals surface area contributed by atoms with Gasteiger partial charge in [-0.05, 0) is 54.2 Å². The van der Waals surface area contributed by atoms with Gasteiger partial charge in [0, 0.05) is 37.1 Å². The van der Waals surface area contributed by atoms with E-state index in [4.69, 9.17) is 4.98 Å². The van der Waals surface area contributed by atoms with E-state index in [0.717, 1.165) is 12.1 Å². The number of hydrogen-bond donors (Lipinski definition) is 0. The average Bonchev–Trinajstić information content (AvgIpc) is 2.64. The number of piperidine rings is 1. The second-order valence-corrected chi connectivity index (χ2v) is 6.82. The Labute approximate surface area is 144 Å². The smallest absolute Gasteiger partial charge is 0.0468 e. The maximum atomic E-state index is 4.71. The zero-order valence-corrected chi connectivity index (χ0v) is 14.3. The molecule has 1 aliphatic rings. The molecule has 1 fully saturated rings. The fraction of sp³-hybridized carbons (Fsp3) is 0.318. The molecule has 2 heteroatoms. The topological polar surface area (TPSA) is 16.1 Å². The monoisotopic (exact) mass is 316 g/mol. The SMILES string of the molecule is Cc1cnc(Cc2cccc3ccccc23)cc1N1CCCCC1. The first-order valence-corrected chi connectivity index (χ1v) is 8.98. The van der Waals surface area contributed by atoms with E-state index in [1.54, 1.807) is 0 Å². The van der Waals surface area contributed by atoms with E-state index in [1.807, 2.05) is 6.20 Å². The van der Waals surface area contributed by atoms with Crippen molar-refractivity contribution < 1.29 is 0 Å². The summed E-state index contributed by atoms with van der Waals surface area (Å²) < 4.78 is 0. The lowest BCUT2D eigenvalue weighted by Crippen LogP contribution is -2.30. The molecule has 0 saturated carbocycles. The zero-order chi connectivity index (χ0) is 16.4. The average molecular weight is 316 g/mol. The summed E-state index contributed by atoms with van der Waals surface area (Å²) in [5.74, 6) is 0. The minimum Gasteiger partial charge on any atom is -0.371 e. The number of nitrogens with zero attached hydrogens (tertiary/aromatic N) is 2. The predicted octanol–water partition coefficient (Wildman–Crippen LogP) is 5.12. The molecule has 0 amide bonds. The first kappa shape index (κ1) is 15.2. The van der Waals surface area contributed by atoms with Crippen molar-refractivity contribution in [2.24, 2.45) is 0 Å². The molecule has 0 bridgehead atoms. The van der Waals surface area contributed by atoms with Crippen molar-refractivity contribution in [2.75, 3.05) is 18.0 Å². The number of rotatable bonds is 3. The Hall–Kier alpha value is -2.35. The summed E-state index contributed by atoms with van der Waals surface area (Å²) >= 11 is 0. The molecule has 3 aromatic rings. The molecular formula is C22H24N2. The lowest BCUT2D eigenvalue weighted by Gasteiger charge is -2.30. The highest BCUT2D eigenvalue weighted by Crippen LogP contribution is 2.26. The van der Waals surface area contributed by atoms with Crippen molar-refractivity contribution in [1.82, 2.24) is 4.98 Å². The van der Waals surface area contributed by atoms with Gasteiger partial charge in [-0.1, -0.05) is 42.5 Å². The van der Waals surface area contributed by atoms with Gasteiger partial charge in [-0.15, -0.1) is 0 Å².